The summed E-state index contributed by atoms with van der Waals surface area (Å²) in [7, 11) is 0. The van der Waals surface area contributed by atoms with Gasteiger partial charge < -0.3 is 4.74 Å². The highest BCUT2D eigenvalue weighted by Crippen LogP contribution is 2.44. The first-order chi connectivity index (χ1) is 8.74. The molecule has 4 nitrogen and oxygen atoms in total. The highest BCUT2D eigenvalue weighted by atomic mass is 32.2. The van der Waals surface area contributed by atoms with Crippen LogP contribution in [0.1, 0.15) is 13.3 Å². The number of imide groups is 1. The van der Waals surface area contributed by atoms with E-state index >= 15 is 0 Å². The van der Waals surface area contributed by atoms with E-state index in [1.54, 1.807) is 0 Å². The van der Waals surface area contributed by atoms with Gasteiger partial charge in [-0.3, -0.25) is 14.5 Å². The summed E-state index contributed by atoms with van der Waals surface area (Å²) in [4.78, 5) is 25.9. The zero-order valence-electron chi connectivity index (χ0n) is 10.4. The minimum atomic E-state index is -0.244. The summed E-state index contributed by atoms with van der Waals surface area (Å²) in [5.74, 6) is 1.55. The molecule has 2 amide bonds. The Morgan fingerprint density at radius 1 is 1.22 bits per heavy atom. The van der Waals surface area contributed by atoms with Crippen molar-refractivity contribution in [3.05, 3.63) is 12.2 Å². The van der Waals surface area contributed by atoms with Crippen LogP contribution in [0.5, 0.6) is 0 Å². The topological polar surface area (TPSA) is 46.6 Å². The largest absolute Gasteiger partial charge is 0.365 e. The molecule has 0 aliphatic carbocycles. The Labute approximate surface area is 111 Å². The SMILES string of the molecule is CCSCCCN1C(=O)C2C3C=CC(O3)C2C1=O. The molecule has 2 fully saturated rings. The second-order valence-corrected chi connectivity index (χ2v) is 6.27. The number of fused-ring (bicyclic) bond motifs is 5. The molecule has 0 aromatic rings. The lowest BCUT2D eigenvalue weighted by Gasteiger charge is -2.17. The highest BCUT2D eigenvalue weighted by molar-refractivity contribution is 7.99. The van der Waals surface area contributed by atoms with Gasteiger partial charge in [-0.1, -0.05) is 19.1 Å². The molecule has 3 heterocycles. The molecule has 4 atom stereocenters. The van der Waals surface area contributed by atoms with Crippen LogP contribution in [0.2, 0.25) is 0 Å². The molecule has 3 rings (SSSR count). The van der Waals surface area contributed by atoms with Gasteiger partial charge in [0, 0.05) is 6.54 Å². The lowest BCUT2D eigenvalue weighted by Crippen LogP contribution is -2.35. The third kappa shape index (κ3) is 1.72. The van der Waals surface area contributed by atoms with E-state index in [0.29, 0.717) is 6.54 Å². The molecule has 4 unspecified atom stereocenters. The number of nitrogens with zero attached hydrogens (tertiary/aromatic N) is 1. The number of carbonyl (C=O) groups is 2. The molecular weight excluding hydrogens is 250 g/mol. The van der Waals surface area contributed by atoms with Crippen molar-refractivity contribution in [2.24, 2.45) is 11.8 Å². The number of hydrogen-bond acceptors (Lipinski definition) is 4. The molecule has 0 aromatic heterocycles. The molecule has 3 aliphatic rings. The summed E-state index contributed by atoms with van der Waals surface area (Å²) in [5.41, 5.74) is 0. The van der Waals surface area contributed by atoms with E-state index in [1.165, 1.54) is 4.90 Å². The van der Waals surface area contributed by atoms with Crippen LogP contribution < -0.4 is 0 Å². The van der Waals surface area contributed by atoms with Crippen molar-refractivity contribution in [1.82, 2.24) is 4.90 Å². The number of ether oxygens (including phenoxy) is 1. The summed E-state index contributed by atoms with van der Waals surface area (Å²) in [5, 5.41) is 0. The number of hydrogen-bond donors (Lipinski definition) is 0. The first kappa shape index (κ1) is 12.2. The van der Waals surface area contributed by atoms with Crippen LogP contribution in [0.15, 0.2) is 12.2 Å². The quantitative estimate of drug-likeness (QED) is 0.425. The number of thioether (sulfide) groups is 1. The van der Waals surface area contributed by atoms with Crippen LogP contribution in [0.3, 0.4) is 0 Å². The fourth-order valence-electron chi connectivity index (χ4n) is 3.05. The molecule has 0 radical (unpaired) electrons. The van der Waals surface area contributed by atoms with Crippen molar-refractivity contribution in [1.29, 1.82) is 0 Å². The van der Waals surface area contributed by atoms with Crippen molar-refractivity contribution in [2.75, 3.05) is 18.1 Å². The maximum absolute atomic E-state index is 12.2. The van der Waals surface area contributed by atoms with Crippen LogP contribution in [-0.4, -0.2) is 47.0 Å². The Hall–Kier alpha value is -0.810. The van der Waals surface area contributed by atoms with E-state index in [0.717, 1.165) is 17.9 Å². The van der Waals surface area contributed by atoms with E-state index in [4.69, 9.17) is 4.74 Å². The summed E-state index contributed by atoms with van der Waals surface area (Å²) in [6.45, 7) is 2.68. The van der Waals surface area contributed by atoms with Crippen molar-refractivity contribution in [3.8, 4) is 0 Å². The standard InChI is InChI=1S/C13H17NO3S/c1-2-18-7-3-6-14-12(15)10-8-4-5-9(17-8)11(10)13(14)16/h4-5,8-11H,2-3,6-7H2,1H3. The third-order valence-electron chi connectivity index (χ3n) is 3.88. The zero-order valence-corrected chi connectivity index (χ0v) is 11.2. The lowest BCUT2D eigenvalue weighted by molar-refractivity contribution is -0.142. The van der Waals surface area contributed by atoms with E-state index < -0.39 is 0 Å². The molecule has 5 heteroatoms. The molecule has 2 bridgehead atoms. The average molecular weight is 267 g/mol. The first-order valence-electron chi connectivity index (χ1n) is 6.50. The molecule has 0 N–H and O–H groups in total. The molecule has 3 aliphatic heterocycles. The van der Waals surface area contributed by atoms with Gasteiger partial charge in [0.05, 0.1) is 24.0 Å². The Morgan fingerprint density at radius 3 is 2.39 bits per heavy atom. The van der Waals surface area contributed by atoms with E-state index in [2.05, 4.69) is 6.92 Å². The van der Waals surface area contributed by atoms with Gasteiger partial charge in [0.25, 0.3) is 0 Å². The Morgan fingerprint density at radius 2 is 1.83 bits per heavy atom. The van der Waals surface area contributed by atoms with Gasteiger partial charge in [0.15, 0.2) is 0 Å². The predicted molar refractivity (Wildman–Crippen MR) is 69.1 cm³/mol. The van der Waals surface area contributed by atoms with Crippen LogP contribution in [0, 0.1) is 11.8 Å². The molecule has 0 spiro atoms. The van der Waals surface area contributed by atoms with Crippen molar-refractivity contribution >= 4 is 23.6 Å². The number of amides is 2. The summed E-state index contributed by atoms with van der Waals surface area (Å²) in [6.07, 6.45) is 4.41. The average Bonchev–Trinajstić information content (AvgIpc) is 3.02. The van der Waals surface area contributed by atoms with Crippen molar-refractivity contribution in [2.45, 2.75) is 25.6 Å². The number of carbonyl (C=O) groups excluding carboxylic acids is 2. The minimum Gasteiger partial charge on any atom is -0.365 e. The van der Waals surface area contributed by atoms with E-state index in [1.807, 2.05) is 23.9 Å². The molecule has 98 valence electrons. The van der Waals surface area contributed by atoms with Crippen LogP contribution in [0.4, 0.5) is 0 Å². The van der Waals surface area contributed by atoms with Gasteiger partial charge >= 0.3 is 0 Å². The lowest BCUT2D eigenvalue weighted by atomic mass is 9.85. The van der Waals surface area contributed by atoms with Gasteiger partial charge in [0.2, 0.25) is 11.8 Å². The predicted octanol–water partition coefficient (Wildman–Crippen LogP) is 1.07. The van der Waals surface area contributed by atoms with Gasteiger partial charge in [-0.15, -0.1) is 0 Å². The molecular formula is C13H17NO3S. The van der Waals surface area contributed by atoms with Crippen LogP contribution >= 0.6 is 11.8 Å². The Bertz CT molecular complexity index is 379. The monoisotopic (exact) mass is 267 g/mol. The van der Waals surface area contributed by atoms with Crippen molar-refractivity contribution < 1.29 is 14.3 Å². The van der Waals surface area contributed by atoms with Crippen molar-refractivity contribution in [3.63, 3.8) is 0 Å². The minimum absolute atomic E-state index is 0.0247. The molecule has 0 saturated carbocycles. The zero-order chi connectivity index (χ0) is 12.7. The molecule has 18 heavy (non-hydrogen) atoms. The Kier molecular flexibility index (Phi) is 3.20. The fraction of sp³-hybridized carbons (Fsp3) is 0.692. The third-order valence-corrected chi connectivity index (χ3v) is 4.86. The fourth-order valence-corrected chi connectivity index (χ4v) is 3.68. The van der Waals surface area contributed by atoms with Gasteiger partial charge in [-0.05, 0) is 17.9 Å². The van der Waals surface area contributed by atoms with E-state index in [9.17, 15) is 9.59 Å². The van der Waals surface area contributed by atoms with Gasteiger partial charge in [-0.25, -0.2) is 0 Å². The normalized spacial score (nSPS) is 36.8. The second-order valence-electron chi connectivity index (χ2n) is 4.88. The van der Waals surface area contributed by atoms with E-state index in [-0.39, 0.29) is 35.9 Å². The summed E-state index contributed by atoms with van der Waals surface area (Å²) in [6, 6.07) is 0. The maximum Gasteiger partial charge on any atom is 0.236 e. The smallest absolute Gasteiger partial charge is 0.236 e. The summed E-state index contributed by atoms with van der Waals surface area (Å²) < 4.78 is 5.59. The Balaban J connectivity index is 1.65. The highest BCUT2D eigenvalue weighted by Gasteiger charge is 2.60. The molecule has 0 aromatic carbocycles. The van der Waals surface area contributed by atoms with Gasteiger partial charge in [0.1, 0.15) is 0 Å². The number of rotatable bonds is 5. The number of likely N-dealkylation sites (tertiary alicyclic amines) is 1. The van der Waals surface area contributed by atoms with Gasteiger partial charge in [-0.2, -0.15) is 11.8 Å². The van der Waals surface area contributed by atoms with Crippen LogP contribution in [0.25, 0.3) is 0 Å². The van der Waals surface area contributed by atoms with Crippen LogP contribution in [-0.2, 0) is 14.3 Å². The summed E-state index contributed by atoms with van der Waals surface area (Å²) >= 11 is 1.84. The first-order valence-corrected chi connectivity index (χ1v) is 7.66. The molecule has 2 saturated heterocycles. The maximum atomic E-state index is 12.2. The second kappa shape index (κ2) is 4.70.